The van der Waals surface area contributed by atoms with Crippen molar-refractivity contribution in [1.29, 1.82) is 0 Å². The van der Waals surface area contributed by atoms with Crippen molar-refractivity contribution in [2.24, 2.45) is 5.73 Å². The molecule has 7 heteroatoms. The number of carbonyl (C=O) groups is 1. The SMILES string of the molecule is NC(=O)COCCn1c(CCl)nc2cccnc21. The summed E-state index contributed by atoms with van der Waals surface area (Å²) in [7, 11) is 0. The van der Waals surface area contributed by atoms with Crippen LogP contribution in [0, 0.1) is 0 Å². The largest absolute Gasteiger partial charge is 0.370 e. The van der Waals surface area contributed by atoms with E-state index in [-0.39, 0.29) is 6.61 Å². The van der Waals surface area contributed by atoms with E-state index in [4.69, 9.17) is 22.1 Å². The van der Waals surface area contributed by atoms with Gasteiger partial charge in [0.25, 0.3) is 0 Å². The van der Waals surface area contributed by atoms with Crippen LogP contribution < -0.4 is 5.73 Å². The molecule has 2 N–H and O–H groups in total. The minimum absolute atomic E-state index is 0.0870. The molecular weight excluding hydrogens is 256 g/mol. The third kappa shape index (κ3) is 2.77. The Morgan fingerprint density at radius 3 is 3.11 bits per heavy atom. The van der Waals surface area contributed by atoms with Crippen molar-refractivity contribution < 1.29 is 9.53 Å². The number of hydrogen-bond donors (Lipinski definition) is 1. The van der Waals surface area contributed by atoms with Crippen LogP contribution in [0.4, 0.5) is 0 Å². The molecule has 0 saturated heterocycles. The van der Waals surface area contributed by atoms with E-state index in [1.165, 1.54) is 0 Å². The molecule has 0 spiro atoms. The molecular formula is C11H13ClN4O2. The van der Waals surface area contributed by atoms with E-state index in [0.29, 0.717) is 19.0 Å². The molecule has 0 radical (unpaired) electrons. The van der Waals surface area contributed by atoms with Gasteiger partial charge in [-0.1, -0.05) is 0 Å². The Morgan fingerprint density at radius 1 is 1.56 bits per heavy atom. The molecule has 0 aliphatic carbocycles. The number of carbonyl (C=O) groups excluding carboxylic acids is 1. The zero-order chi connectivity index (χ0) is 13.0. The van der Waals surface area contributed by atoms with Gasteiger partial charge in [-0.15, -0.1) is 11.6 Å². The van der Waals surface area contributed by atoms with E-state index in [1.807, 2.05) is 16.7 Å². The van der Waals surface area contributed by atoms with Gasteiger partial charge in [-0.2, -0.15) is 0 Å². The number of nitrogens with two attached hydrogens (primary N) is 1. The predicted molar refractivity (Wildman–Crippen MR) is 67.1 cm³/mol. The van der Waals surface area contributed by atoms with Gasteiger partial charge in [-0.25, -0.2) is 9.97 Å². The Hall–Kier alpha value is -1.66. The molecule has 1 amide bonds. The summed E-state index contributed by atoms with van der Waals surface area (Å²) in [6.07, 6.45) is 1.70. The van der Waals surface area contributed by atoms with Crippen LogP contribution in [0.25, 0.3) is 11.2 Å². The predicted octanol–water partition coefficient (Wildman–Crippen LogP) is 0.672. The van der Waals surface area contributed by atoms with Crippen LogP contribution >= 0.6 is 11.6 Å². The zero-order valence-corrected chi connectivity index (χ0v) is 10.4. The molecule has 0 aromatic carbocycles. The lowest BCUT2D eigenvalue weighted by Crippen LogP contribution is -2.20. The Balaban J connectivity index is 2.13. The fourth-order valence-corrected chi connectivity index (χ4v) is 1.87. The molecule has 6 nitrogen and oxygen atoms in total. The summed E-state index contributed by atoms with van der Waals surface area (Å²) in [5, 5.41) is 0. The highest BCUT2D eigenvalue weighted by molar-refractivity contribution is 6.16. The molecule has 0 fully saturated rings. The molecule has 0 bridgehead atoms. The fourth-order valence-electron chi connectivity index (χ4n) is 1.67. The minimum Gasteiger partial charge on any atom is -0.370 e. The Kier molecular flexibility index (Phi) is 4.11. The number of ether oxygens (including phenoxy) is 1. The molecule has 2 rings (SSSR count). The van der Waals surface area contributed by atoms with Gasteiger partial charge < -0.3 is 15.0 Å². The number of hydrogen-bond acceptors (Lipinski definition) is 4. The van der Waals surface area contributed by atoms with Crippen LogP contribution in [0.3, 0.4) is 0 Å². The molecule has 2 aromatic rings. The quantitative estimate of drug-likeness (QED) is 0.617. The van der Waals surface area contributed by atoms with Gasteiger partial charge >= 0.3 is 0 Å². The molecule has 2 aromatic heterocycles. The number of primary amides is 1. The Bertz CT molecular complexity index is 555. The zero-order valence-electron chi connectivity index (χ0n) is 9.67. The summed E-state index contributed by atoms with van der Waals surface area (Å²) in [5.74, 6) is 0.542. The smallest absolute Gasteiger partial charge is 0.243 e. The van der Waals surface area contributed by atoms with Crippen molar-refractivity contribution in [3.63, 3.8) is 0 Å². The maximum Gasteiger partial charge on any atom is 0.243 e. The highest BCUT2D eigenvalue weighted by atomic mass is 35.5. The fraction of sp³-hybridized carbons (Fsp3) is 0.364. The van der Waals surface area contributed by atoms with Crippen molar-refractivity contribution in [1.82, 2.24) is 14.5 Å². The summed E-state index contributed by atoms with van der Waals surface area (Å²) in [6.45, 7) is 0.800. The van der Waals surface area contributed by atoms with Gasteiger partial charge in [-0.3, -0.25) is 4.79 Å². The first kappa shape index (κ1) is 12.8. The van der Waals surface area contributed by atoms with Gasteiger partial charge in [0.2, 0.25) is 5.91 Å². The number of fused-ring (bicyclic) bond motifs is 1. The number of nitrogens with zero attached hydrogens (tertiary/aromatic N) is 3. The first-order valence-corrected chi connectivity index (χ1v) is 5.98. The van der Waals surface area contributed by atoms with Crippen molar-refractivity contribution >= 4 is 28.7 Å². The molecule has 0 saturated carbocycles. The number of pyridine rings is 1. The summed E-state index contributed by atoms with van der Waals surface area (Å²) in [4.78, 5) is 19.2. The maximum atomic E-state index is 10.5. The van der Waals surface area contributed by atoms with Crippen LogP contribution in [-0.4, -0.2) is 33.7 Å². The second-order valence-electron chi connectivity index (χ2n) is 3.68. The third-order valence-corrected chi connectivity index (χ3v) is 2.64. The number of aromatic nitrogens is 3. The van der Waals surface area contributed by atoms with Gasteiger partial charge in [0.15, 0.2) is 5.65 Å². The summed E-state index contributed by atoms with van der Waals surface area (Å²) in [5.41, 5.74) is 6.54. The van der Waals surface area contributed by atoms with Crippen molar-refractivity contribution in [2.45, 2.75) is 12.4 Å². The molecule has 96 valence electrons. The van der Waals surface area contributed by atoms with E-state index >= 15 is 0 Å². The van der Waals surface area contributed by atoms with E-state index in [1.54, 1.807) is 6.20 Å². The first-order chi connectivity index (χ1) is 8.72. The minimum atomic E-state index is -0.485. The van der Waals surface area contributed by atoms with Gasteiger partial charge in [0.05, 0.1) is 12.5 Å². The number of imidazole rings is 1. The summed E-state index contributed by atoms with van der Waals surface area (Å²) in [6, 6.07) is 3.69. The summed E-state index contributed by atoms with van der Waals surface area (Å²) < 4.78 is 7.00. The highest BCUT2D eigenvalue weighted by Gasteiger charge is 2.10. The van der Waals surface area contributed by atoms with Crippen molar-refractivity contribution in [3.8, 4) is 0 Å². The van der Waals surface area contributed by atoms with Crippen LogP contribution in [-0.2, 0) is 22.0 Å². The third-order valence-electron chi connectivity index (χ3n) is 2.41. The molecule has 18 heavy (non-hydrogen) atoms. The van der Waals surface area contributed by atoms with Crippen molar-refractivity contribution in [3.05, 3.63) is 24.2 Å². The van der Waals surface area contributed by atoms with Gasteiger partial charge in [0, 0.05) is 12.7 Å². The lowest BCUT2D eigenvalue weighted by atomic mass is 10.4. The number of halogens is 1. The number of rotatable bonds is 6. The van der Waals surface area contributed by atoms with E-state index in [0.717, 1.165) is 17.0 Å². The lowest BCUT2D eigenvalue weighted by molar-refractivity contribution is -0.122. The second kappa shape index (κ2) is 5.79. The molecule has 0 aliphatic rings. The molecule has 0 unspecified atom stereocenters. The van der Waals surface area contributed by atoms with E-state index in [9.17, 15) is 4.79 Å². The second-order valence-corrected chi connectivity index (χ2v) is 3.95. The average Bonchev–Trinajstić information content (AvgIpc) is 2.72. The van der Waals surface area contributed by atoms with Crippen LogP contribution in [0.15, 0.2) is 18.3 Å². The number of amides is 1. The monoisotopic (exact) mass is 268 g/mol. The summed E-state index contributed by atoms with van der Waals surface area (Å²) >= 11 is 5.84. The first-order valence-electron chi connectivity index (χ1n) is 5.44. The number of alkyl halides is 1. The van der Waals surface area contributed by atoms with Crippen LogP contribution in [0.5, 0.6) is 0 Å². The molecule has 0 atom stereocenters. The van der Waals surface area contributed by atoms with Crippen LogP contribution in [0.1, 0.15) is 5.82 Å². The normalized spacial score (nSPS) is 10.9. The molecule has 2 heterocycles. The highest BCUT2D eigenvalue weighted by Crippen LogP contribution is 2.14. The molecule has 0 aliphatic heterocycles. The Morgan fingerprint density at radius 2 is 2.39 bits per heavy atom. The lowest BCUT2D eigenvalue weighted by Gasteiger charge is -2.06. The topological polar surface area (TPSA) is 83.0 Å². The van der Waals surface area contributed by atoms with Crippen LogP contribution in [0.2, 0.25) is 0 Å². The standard InChI is InChI=1S/C11H13ClN4O2/c12-6-10-15-8-2-1-3-14-11(8)16(10)4-5-18-7-9(13)17/h1-3H,4-7H2,(H2,13,17). The van der Waals surface area contributed by atoms with E-state index in [2.05, 4.69) is 9.97 Å². The van der Waals surface area contributed by atoms with Gasteiger partial charge in [0.1, 0.15) is 17.9 Å². The van der Waals surface area contributed by atoms with E-state index < -0.39 is 5.91 Å². The van der Waals surface area contributed by atoms with Crippen molar-refractivity contribution in [2.75, 3.05) is 13.2 Å². The Labute approximate surface area is 109 Å². The van der Waals surface area contributed by atoms with Gasteiger partial charge in [-0.05, 0) is 12.1 Å². The maximum absolute atomic E-state index is 10.5. The average molecular weight is 269 g/mol.